The van der Waals surface area contributed by atoms with E-state index in [1.165, 1.54) is 35.9 Å². The van der Waals surface area contributed by atoms with Gasteiger partial charge in [0.25, 0.3) is 0 Å². The normalized spacial score (nSPS) is 49.5. The van der Waals surface area contributed by atoms with E-state index in [1.807, 2.05) is 0 Å². The zero-order chi connectivity index (χ0) is 7.83. The van der Waals surface area contributed by atoms with Crippen LogP contribution in [-0.2, 0) is 0 Å². The van der Waals surface area contributed by atoms with Gasteiger partial charge in [0.05, 0.1) is 0 Å². The maximum absolute atomic E-state index is 6.40. The van der Waals surface area contributed by atoms with Crippen LogP contribution in [-0.4, -0.2) is 15.1 Å². The van der Waals surface area contributed by atoms with Gasteiger partial charge in [0.1, 0.15) is 0 Å². The lowest BCUT2D eigenvalue weighted by Gasteiger charge is -2.43. The van der Waals surface area contributed by atoms with Crippen LogP contribution in [0.5, 0.6) is 0 Å². The Morgan fingerprint density at radius 1 is 1.20 bits per heavy atom. The highest BCUT2D eigenvalue weighted by atomic mass is 35.5. The van der Waals surface area contributed by atoms with Gasteiger partial charge in [-0.15, -0.1) is 11.6 Å². The van der Waals surface area contributed by atoms with Gasteiger partial charge in [-0.2, -0.15) is 0 Å². The summed E-state index contributed by atoms with van der Waals surface area (Å²) < 4.78 is 0. The van der Waals surface area contributed by atoms with Crippen LogP contribution in [0.1, 0.15) is 39.5 Å². The minimum absolute atomic E-state index is 0.109. The van der Waals surface area contributed by atoms with E-state index in [1.54, 1.807) is 0 Å². The lowest BCUT2D eigenvalue weighted by Crippen LogP contribution is -2.36. The smallest absolute Gasteiger partial charge is 0.0439 e. The fourth-order valence-corrected chi connectivity index (χ4v) is 2.45. The van der Waals surface area contributed by atoms with Gasteiger partial charge >= 0.3 is 0 Å². The molecule has 1 rings (SSSR count). The molecule has 2 atom stereocenters. The SMILES string of the molecule is CC1([SiH3])CCCCC1(C)Cl. The molecule has 0 spiro atoms. The van der Waals surface area contributed by atoms with Crippen molar-refractivity contribution in [2.75, 3.05) is 0 Å². The van der Waals surface area contributed by atoms with Gasteiger partial charge in [-0.05, 0) is 24.8 Å². The fourth-order valence-electron chi connectivity index (χ4n) is 1.62. The van der Waals surface area contributed by atoms with Crippen molar-refractivity contribution in [3.63, 3.8) is 0 Å². The molecule has 0 heterocycles. The molecule has 0 bridgehead atoms. The molecule has 1 fully saturated rings. The average Bonchev–Trinajstić information content (AvgIpc) is 1.77. The van der Waals surface area contributed by atoms with Crippen LogP contribution < -0.4 is 0 Å². The molecule has 1 saturated carbocycles. The molecule has 0 radical (unpaired) electrons. The van der Waals surface area contributed by atoms with Crippen molar-refractivity contribution in [1.29, 1.82) is 0 Å². The molecule has 0 aliphatic heterocycles. The molecule has 0 amide bonds. The number of alkyl halides is 1. The molecule has 0 N–H and O–H groups in total. The molecule has 2 unspecified atom stereocenters. The van der Waals surface area contributed by atoms with Crippen molar-refractivity contribution >= 4 is 21.8 Å². The first-order valence-corrected chi connectivity index (χ1v) is 5.52. The van der Waals surface area contributed by atoms with E-state index >= 15 is 0 Å². The van der Waals surface area contributed by atoms with E-state index < -0.39 is 0 Å². The highest BCUT2D eigenvalue weighted by Gasteiger charge is 2.40. The summed E-state index contributed by atoms with van der Waals surface area (Å²) in [4.78, 5) is 0.109. The molecule has 0 saturated heterocycles. The van der Waals surface area contributed by atoms with Crippen molar-refractivity contribution in [1.82, 2.24) is 0 Å². The highest BCUT2D eigenvalue weighted by Crippen LogP contribution is 2.51. The van der Waals surface area contributed by atoms with Gasteiger partial charge in [0.15, 0.2) is 0 Å². The third kappa shape index (κ3) is 1.40. The van der Waals surface area contributed by atoms with Crippen LogP contribution in [0.3, 0.4) is 0 Å². The summed E-state index contributed by atoms with van der Waals surface area (Å²) in [6.45, 7) is 4.55. The molecule has 0 nitrogen and oxygen atoms in total. The Hall–Kier alpha value is 0.507. The minimum Gasteiger partial charge on any atom is -0.119 e. The van der Waals surface area contributed by atoms with Crippen molar-refractivity contribution in [3.8, 4) is 0 Å². The Labute approximate surface area is 71.8 Å². The molecule has 1 aliphatic carbocycles. The molecular weight excluding hydrogens is 160 g/mol. The van der Waals surface area contributed by atoms with Crippen LogP contribution in [0.4, 0.5) is 0 Å². The number of halogens is 1. The summed E-state index contributed by atoms with van der Waals surface area (Å²) in [6.07, 6.45) is 5.29. The van der Waals surface area contributed by atoms with Gasteiger partial charge in [0, 0.05) is 15.1 Å². The maximum atomic E-state index is 6.40. The van der Waals surface area contributed by atoms with Crippen molar-refractivity contribution in [2.45, 2.75) is 49.4 Å². The topological polar surface area (TPSA) is 0 Å². The zero-order valence-electron chi connectivity index (χ0n) is 7.21. The summed E-state index contributed by atoms with van der Waals surface area (Å²) in [5.41, 5.74) is 0. The van der Waals surface area contributed by atoms with Crippen LogP contribution in [0, 0.1) is 0 Å². The summed E-state index contributed by atoms with van der Waals surface area (Å²) in [6, 6.07) is 0. The van der Waals surface area contributed by atoms with Gasteiger partial charge in [0.2, 0.25) is 0 Å². The Bertz CT molecular complexity index is 113. The lowest BCUT2D eigenvalue weighted by atomic mass is 9.80. The third-order valence-corrected chi connectivity index (χ3v) is 5.73. The fraction of sp³-hybridized carbons (Fsp3) is 1.00. The van der Waals surface area contributed by atoms with E-state index in [4.69, 9.17) is 11.6 Å². The predicted octanol–water partition coefficient (Wildman–Crippen LogP) is 2.10. The quantitative estimate of drug-likeness (QED) is 0.392. The van der Waals surface area contributed by atoms with Crippen LogP contribution in [0.25, 0.3) is 0 Å². The largest absolute Gasteiger partial charge is 0.119 e. The monoisotopic (exact) mass is 176 g/mol. The van der Waals surface area contributed by atoms with Crippen molar-refractivity contribution in [3.05, 3.63) is 0 Å². The predicted molar refractivity (Wildman–Crippen MR) is 51.0 cm³/mol. The molecule has 2 heteroatoms. The van der Waals surface area contributed by atoms with Gasteiger partial charge < -0.3 is 0 Å². The Balaban J connectivity index is 2.70. The Morgan fingerprint density at radius 3 is 2.00 bits per heavy atom. The van der Waals surface area contributed by atoms with E-state index in [9.17, 15) is 0 Å². The first-order valence-electron chi connectivity index (χ1n) is 4.15. The van der Waals surface area contributed by atoms with Gasteiger partial charge in [-0.25, -0.2) is 0 Å². The second-order valence-corrected chi connectivity index (χ2v) is 7.33. The zero-order valence-corrected chi connectivity index (χ0v) is 9.96. The average molecular weight is 177 g/mol. The Kier molecular flexibility index (Phi) is 2.17. The molecule has 0 aromatic carbocycles. The maximum Gasteiger partial charge on any atom is 0.0439 e. The van der Waals surface area contributed by atoms with E-state index in [0.717, 1.165) is 0 Å². The van der Waals surface area contributed by atoms with Gasteiger partial charge in [-0.3, -0.25) is 0 Å². The standard InChI is InChI=1S/C8H17ClSi/c1-7(9)5-3-4-6-8(7,2)10/h3-6H2,1-2,10H3. The molecule has 0 aromatic heterocycles. The number of hydrogen-bond donors (Lipinski definition) is 0. The van der Waals surface area contributed by atoms with Gasteiger partial charge in [-0.1, -0.05) is 19.8 Å². The van der Waals surface area contributed by atoms with E-state index in [0.29, 0.717) is 5.04 Å². The van der Waals surface area contributed by atoms with Crippen molar-refractivity contribution < 1.29 is 0 Å². The second kappa shape index (κ2) is 2.52. The van der Waals surface area contributed by atoms with Crippen LogP contribution >= 0.6 is 11.6 Å². The summed E-state index contributed by atoms with van der Waals surface area (Å²) in [5, 5.41) is 0.479. The van der Waals surface area contributed by atoms with E-state index in [2.05, 4.69) is 13.8 Å². The third-order valence-electron chi connectivity index (χ3n) is 3.11. The highest BCUT2D eigenvalue weighted by molar-refractivity contribution is 6.31. The first-order chi connectivity index (χ1) is 4.46. The molecular formula is C8H17ClSi. The van der Waals surface area contributed by atoms with Crippen LogP contribution in [0.2, 0.25) is 5.04 Å². The van der Waals surface area contributed by atoms with E-state index in [-0.39, 0.29) is 4.87 Å². The first kappa shape index (κ1) is 8.60. The van der Waals surface area contributed by atoms with Crippen molar-refractivity contribution in [2.24, 2.45) is 0 Å². The molecule has 0 aromatic rings. The second-order valence-electron chi connectivity index (χ2n) is 4.29. The number of hydrogen-bond acceptors (Lipinski definition) is 0. The Morgan fingerprint density at radius 2 is 1.70 bits per heavy atom. The molecule has 1 aliphatic rings. The summed E-state index contributed by atoms with van der Waals surface area (Å²) in [5.74, 6) is 0. The number of rotatable bonds is 0. The summed E-state index contributed by atoms with van der Waals surface area (Å²) >= 11 is 6.40. The minimum atomic E-state index is 0.109. The summed E-state index contributed by atoms with van der Waals surface area (Å²) in [7, 11) is 1.24. The van der Waals surface area contributed by atoms with Crippen LogP contribution in [0.15, 0.2) is 0 Å². The molecule has 10 heavy (non-hydrogen) atoms. The lowest BCUT2D eigenvalue weighted by molar-refractivity contribution is 0.323. The molecule has 60 valence electrons.